The van der Waals surface area contributed by atoms with E-state index in [0.29, 0.717) is 22.8 Å². The highest BCUT2D eigenvalue weighted by Gasteiger charge is 2.14. The number of halogens is 1. The van der Waals surface area contributed by atoms with E-state index < -0.39 is 0 Å². The molecular weight excluding hydrogens is 446 g/mol. The molecule has 0 saturated carbocycles. The Morgan fingerprint density at radius 3 is 2.47 bits per heavy atom. The third kappa shape index (κ3) is 6.82. The molecule has 4 rings (SSSR count). The van der Waals surface area contributed by atoms with Crippen LogP contribution in [0.1, 0.15) is 19.4 Å². The van der Waals surface area contributed by atoms with Gasteiger partial charge >= 0.3 is 0 Å². The number of rotatable bonds is 9. The number of likely N-dealkylation sites (N-methyl/N-ethyl adjacent to an activating group) is 1. The number of hydrogen-bond acceptors (Lipinski definition) is 7. The lowest BCUT2D eigenvalue weighted by molar-refractivity contribution is 0.313. The van der Waals surface area contributed by atoms with Crippen molar-refractivity contribution < 1.29 is 0 Å². The maximum atomic E-state index is 6.39. The molecule has 0 amide bonds. The molecule has 1 saturated heterocycles. The predicted octanol–water partition coefficient (Wildman–Crippen LogP) is 4.91. The molecule has 0 aliphatic carbocycles. The molecule has 1 aliphatic heterocycles. The summed E-state index contributed by atoms with van der Waals surface area (Å²) in [5, 5.41) is 10.6. The zero-order chi connectivity index (χ0) is 23.9. The van der Waals surface area contributed by atoms with Crippen LogP contribution in [0.5, 0.6) is 0 Å². The molecule has 1 aromatic heterocycles. The van der Waals surface area contributed by atoms with Crippen LogP contribution in [0, 0.1) is 0 Å². The lowest BCUT2D eigenvalue weighted by Crippen LogP contribution is -2.44. The molecule has 1 aliphatic rings. The number of hydrogen-bond donors (Lipinski definition) is 3. The van der Waals surface area contributed by atoms with Crippen LogP contribution in [-0.2, 0) is 6.42 Å². The largest absolute Gasteiger partial charge is 0.369 e. The summed E-state index contributed by atoms with van der Waals surface area (Å²) in [6, 6.07) is 17.2. The molecule has 0 unspecified atom stereocenters. The van der Waals surface area contributed by atoms with Gasteiger partial charge in [-0.3, -0.25) is 0 Å². The molecule has 180 valence electrons. The van der Waals surface area contributed by atoms with Gasteiger partial charge in [0.25, 0.3) is 0 Å². The first-order valence-corrected chi connectivity index (χ1v) is 12.3. The van der Waals surface area contributed by atoms with Gasteiger partial charge in [-0.15, -0.1) is 0 Å². The Hall–Kier alpha value is -2.87. The van der Waals surface area contributed by atoms with Crippen molar-refractivity contribution in [1.29, 1.82) is 0 Å². The van der Waals surface area contributed by atoms with Crippen LogP contribution in [0.4, 0.5) is 28.8 Å². The average molecular weight is 480 g/mol. The third-order valence-electron chi connectivity index (χ3n) is 5.89. The molecule has 0 atom stereocenters. The van der Waals surface area contributed by atoms with Crippen LogP contribution in [0.2, 0.25) is 5.02 Å². The number of aromatic nitrogens is 2. The second-order valence-corrected chi connectivity index (χ2v) is 9.44. The Labute approximate surface area is 207 Å². The molecule has 2 heterocycles. The Bertz CT molecular complexity index is 1060. The van der Waals surface area contributed by atoms with Gasteiger partial charge in [-0.1, -0.05) is 37.6 Å². The van der Waals surface area contributed by atoms with E-state index in [-0.39, 0.29) is 0 Å². The number of benzene rings is 2. The fourth-order valence-corrected chi connectivity index (χ4v) is 4.05. The van der Waals surface area contributed by atoms with Gasteiger partial charge in [0.2, 0.25) is 5.95 Å². The monoisotopic (exact) mass is 479 g/mol. The Balaban J connectivity index is 1.39. The minimum absolute atomic E-state index is 0.475. The van der Waals surface area contributed by atoms with Crippen molar-refractivity contribution in [3.8, 4) is 0 Å². The van der Waals surface area contributed by atoms with E-state index >= 15 is 0 Å². The number of piperazine rings is 1. The van der Waals surface area contributed by atoms with Gasteiger partial charge in [0.1, 0.15) is 5.02 Å². The summed E-state index contributed by atoms with van der Waals surface area (Å²) in [6.07, 6.45) is 2.58. The third-order valence-corrected chi connectivity index (χ3v) is 6.17. The summed E-state index contributed by atoms with van der Waals surface area (Å²) in [5.74, 6) is 1.07. The van der Waals surface area contributed by atoms with Crippen molar-refractivity contribution in [2.75, 3.05) is 55.3 Å². The summed E-state index contributed by atoms with van der Waals surface area (Å²) < 4.78 is 0. The van der Waals surface area contributed by atoms with Crippen molar-refractivity contribution in [3.05, 3.63) is 65.3 Å². The molecule has 3 aromatic rings. The standard InChI is InChI=1S/C26H34ClN7/c1-19(2)28-12-11-20-5-4-6-22(17-20)30-25-24(27)18-29-26(32-25)31-21-7-9-23(10-8-21)34-15-13-33(3)14-16-34/h4-10,17-19,28H,11-16H2,1-3H3,(H2,29,30,31,32). The predicted molar refractivity (Wildman–Crippen MR) is 143 cm³/mol. The second kappa shape index (κ2) is 11.5. The van der Waals surface area contributed by atoms with Gasteiger partial charge < -0.3 is 25.8 Å². The van der Waals surface area contributed by atoms with Crippen LogP contribution in [0.25, 0.3) is 0 Å². The molecule has 8 heteroatoms. The molecule has 2 aromatic carbocycles. The van der Waals surface area contributed by atoms with Crippen LogP contribution < -0.4 is 20.9 Å². The van der Waals surface area contributed by atoms with E-state index in [1.807, 2.05) is 12.1 Å². The van der Waals surface area contributed by atoms with Crippen molar-refractivity contribution in [1.82, 2.24) is 20.2 Å². The Kier molecular flexibility index (Phi) is 8.21. The molecule has 7 nitrogen and oxygen atoms in total. The molecule has 3 N–H and O–H groups in total. The minimum Gasteiger partial charge on any atom is -0.369 e. The first-order chi connectivity index (χ1) is 16.5. The van der Waals surface area contributed by atoms with E-state index in [1.54, 1.807) is 6.20 Å². The molecule has 0 bridgehead atoms. The highest BCUT2D eigenvalue weighted by molar-refractivity contribution is 6.32. The molecule has 0 radical (unpaired) electrons. The maximum Gasteiger partial charge on any atom is 0.229 e. The van der Waals surface area contributed by atoms with E-state index in [2.05, 4.69) is 93.0 Å². The number of nitrogens with one attached hydrogen (secondary N) is 3. The van der Waals surface area contributed by atoms with Gasteiger partial charge in [-0.2, -0.15) is 4.98 Å². The fraction of sp³-hybridized carbons (Fsp3) is 0.385. The Morgan fingerprint density at radius 2 is 1.74 bits per heavy atom. The number of nitrogens with zero attached hydrogens (tertiary/aromatic N) is 4. The van der Waals surface area contributed by atoms with Gasteiger partial charge in [0.05, 0.1) is 6.20 Å². The lowest BCUT2D eigenvalue weighted by atomic mass is 10.1. The van der Waals surface area contributed by atoms with E-state index in [0.717, 1.165) is 50.5 Å². The van der Waals surface area contributed by atoms with Crippen molar-refractivity contribution >= 4 is 40.4 Å². The maximum absolute atomic E-state index is 6.39. The zero-order valence-electron chi connectivity index (χ0n) is 20.2. The van der Waals surface area contributed by atoms with Gasteiger partial charge in [-0.25, -0.2) is 4.98 Å². The van der Waals surface area contributed by atoms with Gasteiger partial charge in [0.15, 0.2) is 5.82 Å². The molecule has 1 fully saturated rings. The fourth-order valence-electron chi connectivity index (χ4n) is 3.91. The van der Waals surface area contributed by atoms with Crippen LogP contribution in [0.3, 0.4) is 0 Å². The van der Waals surface area contributed by atoms with E-state index in [1.165, 1.54) is 11.3 Å². The smallest absolute Gasteiger partial charge is 0.229 e. The van der Waals surface area contributed by atoms with E-state index in [9.17, 15) is 0 Å². The molecule has 0 spiro atoms. The summed E-state index contributed by atoms with van der Waals surface area (Å²) >= 11 is 6.39. The van der Waals surface area contributed by atoms with Gasteiger partial charge in [-0.05, 0) is 62.0 Å². The lowest BCUT2D eigenvalue weighted by Gasteiger charge is -2.34. The number of anilines is 5. The SMILES string of the molecule is CC(C)NCCc1cccc(Nc2nc(Nc3ccc(N4CCN(C)CC4)cc3)ncc2Cl)c1. The van der Waals surface area contributed by atoms with Crippen LogP contribution in [0.15, 0.2) is 54.7 Å². The highest BCUT2D eigenvalue weighted by Crippen LogP contribution is 2.26. The zero-order valence-corrected chi connectivity index (χ0v) is 20.9. The van der Waals surface area contributed by atoms with E-state index in [4.69, 9.17) is 11.6 Å². The van der Waals surface area contributed by atoms with Crippen LogP contribution >= 0.6 is 11.6 Å². The summed E-state index contributed by atoms with van der Waals surface area (Å²) in [4.78, 5) is 13.7. The summed E-state index contributed by atoms with van der Waals surface area (Å²) in [7, 11) is 2.17. The second-order valence-electron chi connectivity index (χ2n) is 9.04. The van der Waals surface area contributed by atoms with Crippen molar-refractivity contribution in [2.45, 2.75) is 26.3 Å². The highest BCUT2D eigenvalue weighted by atomic mass is 35.5. The summed E-state index contributed by atoms with van der Waals surface area (Å²) in [5.41, 5.74) is 4.37. The Morgan fingerprint density at radius 1 is 0.971 bits per heavy atom. The van der Waals surface area contributed by atoms with Gasteiger partial charge in [0, 0.05) is 49.3 Å². The quantitative estimate of drug-likeness (QED) is 0.403. The van der Waals surface area contributed by atoms with Crippen molar-refractivity contribution in [2.24, 2.45) is 0 Å². The summed E-state index contributed by atoms with van der Waals surface area (Å²) in [6.45, 7) is 9.53. The molecule has 34 heavy (non-hydrogen) atoms. The minimum atomic E-state index is 0.475. The normalized spacial score (nSPS) is 14.4. The average Bonchev–Trinajstić information content (AvgIpc) is 2.82. The topological polar surface area (TPSA) is 68.4 Å². The molecular formula is C26H34ClN7. The first-order valence-electron chi connectivity index (χ1n) is 11.9. The first kappa shape index (κ1) is 24.3. The van der Waals surface area contributed by atoms with Crippen molar-refractivity contribution in [3.63, 3.8) is 0 Å². The van der Waals surface area contributed by atoms with Crippen LogP contribution in [-0.4, -0.2) is 60.7 Å².